The zero-order valence-corrected chi connectivity index (χ0v) is 13.9. The van der Waals surface area contributed by atoms with Crippen molar-refractivity contribution in [2.75, 3.05) is 5.32 Å². The minimum absolute atomic E-state index is 0.0245. The molecule has 1 aromatic rings. The van der Waals surface area contributed by atoms with Gasteiger partial charge in [0.2, 0.25) is 11.8 Å². The molecule has 0 fully saturated rings. The molecule has 22 heavy (non-hydrogen) atoms. The Morgan fingerprint density at radius 2 is 1.95 bits per heavy atom. The van der Waals surface area contributed by atoms with Gasteiger partial charge in [-0.25, -0.2) is 4.98 Å². The van der Waals surface area contributed by atoms with E-state index >= 15 is 0 Å². The van der Waals surface area contributed by atoms with E-state index in [1.807, 2.05) is 20.8 Å². The molecule has 0 aliphatic heterocycles. The number of carboxylic acids is 1. The highest BCUT2D eigenvalue weighted by Gasteiger charge is 2.18. The third-order valence-electron chi connectivity index (χ3n) is 2.58. The Kier molecular flexibility index (Phi) is 6.04. The zero-order chi connectivity index (χ0) is 16.9. The number of carbonyl (C=O) groups is 3. The highest BCUT2D eigenvalue weighted by Crippen LogP contribution is 2.21. The van der Waals surface area contributed by atoms with Crippen molar-refractivity contribution in [1.29, 1.82) is 0 Å². The molecule has 1 aromatic heterocycles. The average Bonchev–Trinajstić information content (AvgIpc) is 2.72. The molecule has 1 unspecified atom stereocenters. The van der Waals surface area contributed by atoms with Gasteiger partial charge in [0.1, 0.15) is 6.04 Å². The van der Waals surface area contributed by atoms with Crippen LogP contribution in [-0.4, -0.2) is 33.9 Å². The first kappa shape index (κ1) is 18.1. The van der Waals surface area contributed by atoms with Crippen LogP contribution in [0.3, 0.4) is 0 Å². The smallest absolute Gasteiger partial charge is 0.325 e. The van der Waals surface area contributed by atoms with Gasteiger partial charge in [0, 0.05) is 11.8 Å². The lowest BCUT2D eigenvalue weighted by atomic mass is 9.92. The maximum Gasteiger partial charge on any atom is 0.325 e. The molecule has 0 aromatic carbocycles. The van der Waals surface area contributed by atoms with E-state index in [-0.39, 0.29) is 17.7 Å². The minimum atomic E-state index is -1.10. The van der Waals surface area contributed by atoms with E-state index in [0.29, 0.717) is 17.2 Å². The largest absolute Gasteiger partial charge is 0.480 e. The maximum atomic E-state index is 11.8. The Labute approximate surface area is 133 Å². The molecule has 0 saturated carbocycles. The molecule has 1 atom stereocenters. The molecule has 2 amide bonds. The van der Waals surface area contributed by atoms with Gasteiger partial charge >= 0.3 is 5.97 Å². The van der Waals surface area contributed by atoms with Crippen LogP contribution in [0.1, 0.15) is 39.8 Å². The fourth-order valence-electron chi connectivity index (χ4n) is 1.61. The highest BCUT2D eigenvalue weighted by molar-refractivity contribution is 7.13. The monoisotopic (exact) mass is 327 g/mol. The topological polar surface area (TPSA) is 108 Å². The van der Waals surface area contributed by atoms with E-state index in [9.17, 15) is 14.4 Å². The first-order valence-corrected chi connectivity index (χ1v) is 7.71. The number of nitrogens with zero attached hydrogens (tertiary/aromatic N) is 1. The lowest BCUT2D eigenvalue weighted by Gasteiger charge is -2.16. The van der Waals surface area contributed by atoms with Crippen LogP contribution < -0.4 is 10.6 Å². The summed E-state index contributed by atoms with van der Waals surface area (Å²) < 4.78 is 0. The van der Waals surface area contributed by atoms with Gasteiger partial charge in [0.15, 0.2) is 5.13 Å². The molecule has 7 nitrogen and oxygen atoms in total. The van der Waals surface area contributed by atoms with Crippen molar-refractivity contribution in [3.05, 3.63) is 11.1 Å². The molecule has 0 aliphatic rings. The number of aliphatic carboxylic acids is 1. The number of anilines is 1. The van der Waals surface area contributed by atoms with E-state index in [1.165, 1.54) is 18.3 Å². The van der Waals surface area contributed by atoms with E-state index in [4.69, 9.17) is 5.11 Å². The van der Waals surface area contributed by atoms with Gasteiger partial charge in [-0.15, -0.1) is 11.3 Å². The summed E-state index contributed by atoms with van der Waals surface area (Å²) in [6.45, 7) is 7.29. The number of amides is 2. The van der Waals surface area contributed by atoms with Gasteiger partial charge in [-0.1, -0.05) is 20.8 Å². The van der Waals surface area contributed by atoms with Crippen LogP contribution in [0.25, 0.3) is 0 Å². The second-order valence-electron chi connectivity index (χ2n) is 6.23. The molecule has 8 heteroatoms. The van der Waals surface area contributed by atoms with Crippen LogP contribution in [0.5, 0.6) is 0 Å². The van der Waals surface area contributed by atoms with Crippen molar-refractivity contribution < 1.29 is 19.5 Å². The average molecular weight is 327 g/mol. The fraction of sp³-hybridized carbons (Fsp3) is 0.571. The molecule has 1 rings (SSSR count). The normalized spacial score (nSPS) is 12.5. The van der Waals surface area contributed by atoms with Crippen molar-refractivity contribution in [3.63, 3.8) is 0 Å². The molecule has 1 heterocycles. The standard InChI is InChI=1S/C14H21N3O4S/c1-8(12(20)21)15-10(18)5-9-7-22-13(16-9)17-11(19)6-14(2,3)4/h7-8H,5-6H2,1-4H3,(H,15,18)(H,20,21)(H,16,17,19). The predicted molar refractivity (Wildman–Crippen MR) is 83.8 cm³/mol. The van der Waals surface area contributed by atoms with Gasteiger partial charge in [0.05, 0.1) is 12.1 Å². The van der Waals surface area contributed by atoms with Gasteiger partial charge in [-0.05, 0) is 12.3 Å². The highest BCUT2D eigenvalue weighted by atomic mass is 32.1. The molecule has 0 radical (unpaired) electrons. The van der Waals surface area contributed by atoms with E-state index in [0.717, 1.165) is 0 Å². The van der Waals surface area contributed by atoms with Crippen LogP contribution in [0.15, 0.2) is 5.38 Å². The number of nitrogens with one attached hydrogen (secondary N) is 2. The van der Waals surface area contributed by atoms with Gasteiger partial charge in [0.25, 0.3) is 0 Å². The Balaban J connectivity index is 2.52. The van der Waals surface area contributed by atoms with Gasteiger partial charge in [-0.2, -0.15) is 0 Å². The van der Waals surface area contributed by atoms with Crippen molar-refractivity contribution in [1.82, 2.24) is 10.3 Å². The first-order valence-electron chi connectivity index (χ1n) is 6.83. The van der Waals surface area contributed by atoms with Gasteiger partial charge in [-0.3, -0.25) is 14.4 Å². The number of rotatable bonds is 6. The number of hydrogen-bond acceptors (Lipinski definition) is 5. The lowest BCUT2D eigenvalue weighted by molar-refractivity contribution is -0.141. The Hall–Kier alpha value is -1.96. The number of aromatic nitrogens is 1. The maximum absolute atomic E-state index is 11.8. The van der Waals surface area contributed by atoms with Crippen LogP contribution >= 0.6 is 11.3 Å². The third kappa shape index (κ3) is 6.66. The second-order valence-corrected chi connectivity index (χ2v) is 7.09. The van der Waals surface area contributed by atoms with Crippen molar-refractivity contribution in [2.45, 2.75) is 46.6 Å². The number of thiazole rings is 1. The van der Waals surface area contributed by atoms with E-state index in [1.54, 1.807) is 5.38 Å². The van der Waals surface area contributed by atoms with E-state index in [2.05, 4.69) is 15.6 Å². The Morgan fingerprint density at radius 1 is 1.32 bits per heavy atom. The van der Waals surface area contributed by atoms with Crippen LogP contribution in [0, 0.1) is 5.41 Å². The van der Waals surface area contributed by atoms with Crippen LogP contribution in [-0.2, 0) is 20.8 Å². The summed E-state index contributed by atoms with van der Waals surface area (Å²) in [6.07, 6.45) is 0.349. The zero-order valence-electron chi connectivity index (χ0n) is 13.1. The summed E-state index contributed by atoms with van der Waals surface area (Å²) in [5, 5.41) is 15.9. The molecular formula is C14H21N3O4S. The van der Waals surface area contributed by atoms with Crippen molar-refractivity contribution in [2.24, 2.45) is 5.41 Å². The molecule has 0 saturated heterocycles. The lowest BCUT2D eigenvalue weighted by Crippen LogP contribution is -2.39. The summed E-state index contributed by atoms with van der Waals surface area (Å²) in [4.78, 5) is 38.2. The summed E-state index contributed by atoms with van der Waals surface area (Å²) in [7, 11) is 0. The molecule has 122 valence electrons. The minimum Gasteiger partial charge on any atom is -0.480 e. The predicted octanol–water partition coefficient (Wildman–Crippen LogP) is 1.65. The Bertz CT molecular complexity index is 563. The van der Waals surface area contributed by atoms with Crippen LogP contribution in [0.2, 0.25) is 0 Å². The molecule has 3 N–H and O–H groups in total. The van der Waals surface area contributed by atoms with Crippen LogP contribution in [0.4, 0.5) is 5.13 Å². The molecule has 0 aliphatic carbocycles. The summed E-state index contributed by atoms with van der Waals surface area (Å²) in [6, 6.07) is -0.947. The first-order chi connectivity index (χ1) is 10.1. The summed E-state index contributed by atoms with van der Waals surface area (Å²) >= 11 is 1.23. The third-order valence-corrected chi connectivity index (χ3v) is 3.39. The Morgan fingerprint density at radius 3 is 2.50 bits per heavy atom. The summed E-state index contributed by atoms with van der Waals surface area (Å²) in [5.41, 5.74) is 0.378. The SMILES string of the molecule is CC(NC(=O)Cc1csc(NC(=O)CC(C)(C)C)n1)C(=O)O. The van der Waals surface area contributed by atoms with Gasteiger partial charge < -0.3 is 15.7 Å². The molecule has 0 spiro atoms. The molecule has 0 bridgehead atoms. The summed E-state index contributed by atoms with van der Waals surface area (Å²) in [5.74, 6) is -1.65. The van der Waals surface area contributed by atoms with E-state index < -0.39 is 17.9 Å². The molecular weight excluding hydrogens is 306 g/mol. The number of carbonyl (C=O) groups excluding carboxylic acids is 2. The quantitative estimate of drug-likeness (QED) is 0.736. The van der Waals surface area contributed by atoms with Crippen molar-refractivity contribution in [3.8, 4) is 0 Å². The second kappa shape index (κ2) is 7.35. The number of hydrogen-bond donors (Lipinski definition) is 3. The number of carboxylic acid groups (broad SMARTS) is 1. The van der Waals surface area contributed by atoms with Crippen molar-refractivity contribution >= 4 is 34.3 Å². The fourth-order valence-corrected chi connectivity index (χ4v) is 2.34.